The standard InChI is InChI=1S/C9H6ClNO/c10-9-8-5(3-4-11-9)6-1-2-7(8)12-6/h1-4,6-7H. The van der Waals surface area contributed by atoms with E-state index in [4.69, 9.17) is 16.3 Å². The van der Waals surface area contributed by atoms with Crippen LogP contribution in [0.5, 0.6) is 0 Å². The summed E-state index contributed by atoms with van der Waals surface area (Å²) < 4.78 is 5.59. The molecule has 0 spiro atoms. The Morgan fingerprint density at radius 3 is 3.00 bits per heavy atom. The van der Waals surface area contributed by atoms with Gasteiger partial charge in [-0.25, -0.2) is 4.98 Å². The maximum Gasteiger partial charge on any atom is 0.135 e. The van der Waals surface area contributed by atoms with Crippen molar-refractivity contribution in [2.45, 2.75) is 12.2 Å². The topological polar surface area (TPSA) is 22.1 Å². The highest BCUT2D eigenvalue weighted by atomic mass is 35.5. The first-order valence-electron chi connectivity index (χ1n) is 3.84. The predicted octanol–water partition coefficient (Wildman–Crippen LogP) is 2.42. The lowest BCUT2D eigenvalue weighted by Gasteiger charge is -2.06. The second-order valence-corrected chi connectivity index (χ2v) is 3.32. The van der Waals surface area contributed by atoms with Crippen LogP contribution in [0, 0.1) is 0 Å². The molecule has 0 N–H and O–H groups in total. The van der Waals surface area contributed by atoms with Crippen molar-refractivity contribution in [1.82, 2.24) is 4.98 Å². The molecule has 0 saturated heterocycles. The van der Waals surface area contributed by atoms with Gasteiger partial charge in [-0.2, -0.15) is 0 Å². The molecule has 0 radical (unpaired) electrons. The van der Waals surface area contributed by atoms with Gasteiger partial charge >= 0.3 is 0 Å². The molecule has 2 nitrogen and oxygen atoms in total. The van der Waals surface area contributed by atoms with Crippen molar-refractivity contribution in [2.24, 2.45) is 0 Å². The summed E-state index contributed by atoms with van der Waals surface area (Å²) in [4.78, 5) is 4.02. The zero-order chi connectivity index (χ0) is 8.13. The van der Waals surface area contributed by atoms with Crippen molar-refractivity contribution >= 4 is 11.6 Å². The van der Waals surface area contributed by atoms with Gasteiger partial charge in [0, 0.05) is 11.8 Å². The van der Waals surface area contributed by atoms with Crippen LogP contribution in [0.25, 0.3) is 0 Å². The second-order valence-electron chi connectivity index (χ2n) is 2.97. The first kappa shape index (κ1) is 6.63. The number of fused-ring (bicyclic) bond motifs is 5. The largest absolute Gasteiger partial charge is 0.357 e. The Hall–Kier alpha value is -0.860. The average molecular weight is 180 g/mol. The highest BCUT2D eigenvalue weighted by Gasteiger charge is 2.35. The normalized spacial score (nSPS) is 29.4. The van der Waals surface area contributed by atoms with E-state index in [1.807, 2.05) is 12.1 Å². The highest BCUT2D eigenvalue weighted by Crippen LogP contribution is 2.47. The number of pyridine rings is 1. The van der Waals surface area contributed by atoms with E-state index in [9.17, 15) is 0 Å². The minimum absolute atomic E-state index is 0.0474. The van der Waals surface area contributed by atoms with Crippen LogP contribution in [0.1, 0.15) is 23.3 Å². The van der Waals surface area contributed by atoms with Crippen LogP contribution in [-0.2, 0) is 4.74 Å². The molecule has 0 aliphatic carbocycles. The molecule has 3 heteroatoms. The van der Waals surface area contributed by atoms with E-state index in [0.717, 1.165) is 5.56 Å². The average Bonchev–Trinajstić information content (AvgIpc) is 2.64. The maximum absolute atomic E-state index is 5.94. The third kappa shape index (κ3) is 0.667. The zero-order valence-corrected chi connectivity index (χ0v) is 6.95. The summed E-state index contributed by atoms with van der Waals surface area (Å²) in [6.45, 7) is 0. The smallest absolute Gasteiger partial charge is 0.135 e. The molecule has 2 aliphatic rings. The SMILES string of the molecule is Clc1nccc2c1C1C=CC2O1. The minimum atomic E-state index is 0.0474. The Labute approximate surface area is 74.8 Å². The van der Waals surface area contributed by atoms with Gasteiger partial charge in [-0.1, -0.05) is 23.8 Å². The van der Waals surface area contributed by atoms with Gasteiger partial charge in [-0.3, -0.25) is 0 Å². The Morgan fingerprint density at radius 1 is 1.33 bits per heavy atom. The Balaban J connectivity index is 2.30. The van der Waals surface area contributed by atoms with Crippen LogP contribution in [0.4, 0.5) is 0 Å². The van der Waals surface area contributed by atoms with Crippen molar-refractivity contribution < 1.29 is 4.74 Å². The van der Waals surface area contributed by atoms with Gasteiger partial charge in [0.1, 0.15) is 17.4 Å². The molecule has 3 rings (SSSR count). The maximum atomic E-state index is 5.94. The van der Waals surface area contributed by atoms with E-state index in [0.29, 0.717) is 5.15 Å². The van der Waals surface area contributed by atoms with Gasteiger partial charge < -0.3 is 4.74 Å². The molecular formula is C9H6ClNO. The number of ether oxygens (including phenoxy) is 1. The van der Waals surface area contributed by atoms with Gasteiger partial charge in [-0.05, 0) is 11.6 Å². The Bertz CT molecular complexity index is 375. The Morgan fingerprint density at radius 2 is 2.17 bits per heavy atom. The number of hydrogen-bond donors (Lipinski definition) is 0. The molecule has 0 fully saturated rings. The quantitative estimate of drug-likeness (QED) is 0.451. The van der Waals surface area contributed by atoms with E-state index in [1.165, 1.54) is 5.56 Å². The third-order valence-corrected chi connectivity index (χ3v) is 2.62. The van der Waals surface area contributed by atoms with Crippen LogP contribution in [0.3, 0.4) is 0 Å². The van der Waals surface area contributed by atoms with Crippen molar-refractivity contribution in [1.29, 1.82) is 0 Å². The summed E-state index contributed by atoms with van der Waals surface area (Å²) in [6.07, 6.45) is 5.97. The molecule has 12 heavy (non-hydrogen) atoms. The summed E-state index contributed by atoms with van der Waals surface area (Å²) in [5, 5.41) is 0.573. The molecule has 2 aliphatic heterocycles. The molecule has 0 amide bonds. The zero-order valence-electron chi connectivity index (χ0n) is 6.20. The fourth-order valence-corrected chi connectivity index (χ4v) is 2.06. The lowest BCUT2D eigenvalue weighted by Crippen LogP contribution is -1.94. The van der Waals surface area contributed by atoms with E-state index < -0.39 is 0 Å². The fourth-order valence-electron chi connectivity index (χ4n) is 1.78. The fraction of sp³-hybridized carbons (Fsp3) is 0.222. The predicted molar refractivity (Wildman–Crippen MR) is 45.0 cm³/mol. The summed E-state index contributed by atoms with van der Waals surface area (Å²) in [5.74, 6) is 0. The lowest BCUT2D eigenvalue weighted by atomic mass is 9.99. The molecule has 0 aromatic carbocycles. The van der Waals surface area contributed by atoms with Gasteiger partial charge in [-0.15, -0.1) is 0 Å². The van der Waals surface area contributed by atoms with Gasteiger partial charge in [0.2, 0.25) is 0 Å². The lowest BCUT2D eigenvalue weighted by molar-refractivity contribution is 0.0878. The van der Waals surface area contributed by atoms with Crippen molar-refractivity contribution in [3.63, 3.8) is 0 Å². The van der Waals surface area contributed by atoms with Crippen LogP contribution in [-0.4, -0.2) is 4.98 Å². The van der Waals surface area contributed by atoms with Crippen molar-refractivity contribution in [2.75, 3.05) is 0 Å². The minimum Gasteiger partial charge on any atom is -0.357 e. The van der Waals surface area contributed by atoms with Crippen LogP contribution in [0.2, 0.25) is 5.15 Å². The molecule has 2 unspecified atom stereocenters. The molecule has 1 aromatic heterocycles. The molecule has 0 saturated carbocycles. The van der Waals surface area contributed by atoms with E-state index >= 15 is 0 Å². The summed E-state index contributed by atoms with van der Waals surface area (Å²) in [6, 6.07) is 1.97. The molecular weight excluding hydrogens is 174 g/mol. The number of aromatic nitrogens is 1. The van der Waals surface area contributed by atoms with Gasteiger partial charge in [0.05, 0.1) is 0 Å². The molecule has 2 atom stereocenters. The Kier molecular flexibility index (Phi) is 1.15. The van der Waals surface area contributed by atoms with E-state index in [2.05, 4.69) is 11.1 Å². The van der Waals surface area contributed by atoms with Crippen LogP contribution < -0.4 is 0 Å². The third-order valence-electron chi connectivity index (χ3n) is 2.32. The summed E-state index contributed by atoms with van der Waals surface area (Å²) >= 11 is 5.94. The monoisotopic (exact) mass is 179 g/mol. The molecule has 3 heterocycles. The van der Waals surface area contributed by atoms with Gasteiger partial charge in [0.15, 0.2) is 0 Å². The summed E-state index contributed by atoms with van der Waals surface area (Å²) in [5.41, 5.74) is 2.22. The van der Waals surface area contributed by atoms with Crippen LogP contribution in [0.15, 0.2) is 24.4 Å². The second kappa shape index (κ2) is 2.09. The van der Waals surface area contributed by atoms with Gasteiger partial charge in [0.25, 0.3) is 0 Å². The first-order chi connectivity index (χ1) is 5.86. The highest BCUT2D eigenvalue weighted by molar-refractivity contribution is 6.30. The number of rotatable bonds is 0. The van der Waals surface area contributed by atoms with Crippen molar-refractivity contribution in [3.8, 4) is 0 Å². The number of nitrogens with zero attached hydrogens (tertiary/aromatic N) is 1. The molecule has 60 valence electrons. The number of hydrogen-bond acceptors (Lipinski definition) is 2. The molecule has 1 aromatic rings. The first-order valence-corrected chi connectivity index (χ1v) is 4.22. The summed E-state index contributed by atoms with van der Waals surface area (Å²) in [7, 11) is 0. The number of halogens is 1. The van der Waals surface area contributed by atoms with E-state index in [-0.39, 0.29) is 12.2 Å². The molecule has 2 bridgehead atoms. The van der Waals surface area contributed by atoms with E-state index in [1.54, 1.807) is 6.20 Å². The van der Waals surface area contributed by atoms with Crippen LogP contribution >= 0.6 is 11.6 Å². The van der Waals surface area contributed by atoms with Crippen molar-refractivity contribution in [3.05, 3.63) is 40.7 Å².